The smallest absolute Gasteiger partial charge is 0.374 e. The van der Waals surface area contributed by atoms with Crippen LogP contribution < -0.4 is 5.32 Å². The van der Waals surface area contributed by atoms with Gasteiger partial charge < -0.3 is 14.6 Å². The van der Waals surface area contributed by atoms with Crippen molar-refractivity contribution in [2.75, 3.05) is 7.11 Å². The Bertz CT molecular complexity index is 799. The van der Waals surface area contributed by atoms with E-state index in [0.717, 1.165) is 24.5 Å². The third kappa shape index (κ3) is 3.95. The first kappa shape index (κ1) is 17.1. The molecule has 0 unspecified atom stereocenters. The first-order valence-electron chi connectivity index (χ1n) is 6.70. The summed E-state index contributed by atoms with van der Waals surface area (Å²) in [5, 5.41) is 3.16. The lowest BCUT2D eigenvalue weighted by Gasteiger charge is -2.01. The van der Waals surface area contributed by atoms with Crippen LogP contribution in [-0.4, -0.2) is 35.6 Å². The van der Waals surface area contributed by atoms with E-state index in [1.165, 1.54) is 19.2 Å². The standard InChI is InChI=1S/C8H11N3O2.C6H6O3S/c1-11-6-4-9-3-5(6)10-7(11)8(12)13-2;7-10(8,9)6-4-2-1-3-5-6/h9H,3-4H2,1-2H3;1-5H,(H,7,8,9). The van der Waals surface area contributed by atoms with Gasteiger partial charge in [0.05, 0.1) is 23.4 Å². The first-order chi connectivity index (χ1) is 10.8. The van der Waals surface area contributed by atoms with Gasteiger partial charge in [-0.3, -0.25) is 4.55 Å². The molecule has 0 aliphatic carbocycles. The van der Waals surface area contributed by atoms with E-state index in [9.17, 15) is 13.2 Å². The zero-order chi connectivity index (χ0) is 17.0. The van der Waals surface area contributed by atoms with Crippen LogP contribution in [0.2, 0.25) is 0 Å². The number of fused-ring (bicyclic) bond motifs is 1. The highest BCUT2D eigenvalue weighted by molar-refractivity contribution is 7.85. The van der Waals surface area contributed by atoms with E-state index in [0.29, 0.717) is 5.82 Å². The molecule has 2 heterocycles. The number of methoxy groups -OCH3 is 1. The van der Waals surface area contributed by atoms with E-state index >= 15 is 0 Å². The zero-order valence-corrected chi connectivity index (χ0v) is 13.5. The van der Waals surface area contributed by atoms with Gasteiger partial charge in [0.15, 0.2) is 0 Å². The molecule has 0 bridgehead atoms. The molecule has 1 aliphatic rings. The SMILES string of the molecule is COC(=O)c1nc2c(n1C)CNC2.O=S(=O)(O)c1ccccc1. The molecule has 0 saturated carbocycles. The van der Waals surface area contributed by atoms with E-state index < -0.39 is 10.1 Å². The summed E-state index contributed by atoms with van der Waals surface area (Å²) in [6.45, 7) is 1.51. The maximum Gasteiger partial charge on any atom is 0.374 e. The first-order valence-corrected chi connectivity index (χ1v) is 8.14. The number of rotatable bonds is 2. The van der Waals surface area contributed by atoms with Crippen molar-refractivity contribution in [2.45, 2.75) is 18.0 Å². The van der Waals surface area contributed by atoms with E-state index in [4.69, 9.17) is 4.55 Å². The van der Waals surface area contributed by atoms with Gasteiger partial charge in [0.1, 0.15) is 0 Å². The van der Waals surface area contributed by atoms with Crippen molar-refractivity contribution in [3.63, 3.8) is 0 Å². The Labute approximate surface area is 133 Å². The van der Waals surface area contributed by atoms with Gasteiger partial charge in [-0.15, -0.1) is 0 Å². The van der Waals surface area contributed by atoms with Crippen molar-refractivity contribution in [1.29, 1.82) is 0 Å². The summed E-state index contributed by atoms with van der Waals surface area (Å²) in [5.41, 5.74) is 2.02. The van der Waals surface area contributed by atoms with Crippen LogP contribution in [0.3, 0.4) is 0 Å². The minimum atomic E-state index is -4.00. The molecule has 0 saturated heterocycles. The number of carbonyl (C=O) groups is 1. The van der Waals surface area contributed by atoms with Gasteiger partial charge in [0.2, 0.25) is 5.82 Å². The molecular formula is C14H17N3O5S. The summed E-state index contributed by atoms with van der Waals surface area (Å²) in [5.74, 6) is 0.00546. The number of hydrogen-bond acceptors (Lipinski definition) is 6. The average Bonchev–Trinajstić information content (AvgIpc) is 3.11. The van der Waals surface area contributed by atoms with Gasteiger partial charge >= 0.3 is 5.97 Å². The third-order valence-corrected chi connectivity index (χ3v) is 4.16. The Morgan fingerprint density at radius 2 is 1.96 bits per heavy atom. The summed E-state index contributed by atoms with van der Waals surface area (Å²) in [6.07, 6.45) is 0. The Morgan fingerprint density at radius 1 is 1.30 bits per heavy atom. The maximum absolute atomic E-state index is 11.2. The van der Waals surface area contributed by atoms with Gasteiger partial charge in [0.25, 0.3) is 10.1 Å². The molecule has 0 fully saturated rings. The lowest BCUT2D eigenvalue weighted by molar-refractivity contribution is 0.0582. The predicted molar refractivity (Wildman–Crippen MR) is 81.3 cm³/mol. The van der Waals surface area contributed by atoms with Crippen LogP contribution in [0.5, 0.6) is 0 Å². The number of carbonyl (C=O) groups excluding carboxylic acids is 1. The summed E-state index contributed by atoms with van der Waals surface area (Å²) >= 11 is 0. The lowest BCUT2D eigenvalue weighted by Crippen LogP contribution is -2.13. The van der Waals surface area contributed by atoms with Crippen molar-refractivity contribution in [1.82, 2.24) is 14.9 Å². The van der Waals surface area contributed by atoms with Crippen molar-refractivity contribution in [3.05, 3.63) is 47.5 Å². The second kappa shape index (κ2) is 6.90. The molecule has 1 aromatic carbocycles. The molecule has 0 amide bonds. The van der Waals surface area contributed by atoms with Gasteiger partial charge in [-0.1, -0.05) is 18.2 Å². The predicted octanol–water partition coefficient (Wildman–Crippen LogP) is 0.743. The second-order valence-corrected chi connectivity index (χ2v) is 6.19. The molecule has 23 heavy (non-hydrogen) atoms. The number of esters is 1. The third-order valence-electron chi connectivity index (χ3n) is 3.29. The molecule has 1 aromatic heterocycles. The number of imidazole rings is 1. The van der Waals surface area contributed by atoms with Crippen LogP contribution in [0.25, 0.3) is 0 Å². The van der Waals surface area contributed by atoms with Gasteiger partial charge in [-0.2, -0.15) is 8.42 Å². The largest absolute Gasteiger partial charge is 0.463 e. The highest BCUT2D eigenvalue weighted by Gasteiger charge is 2.22. The Hall–Kier alpha value is -2.23. The quantitative estimate of drug-likeness (QED) is 0.613. The second-order valence-electron chi connectivity index (χ2n) is 4.77. The van der Waals surface area contributed by atoms with Crippen molar-refractivity contribution >= 4 is 16.1 Å². The monoisotopic (exact) mass is 339 g/mol. The van der Waals surface area contributed by atoms with Crippen LogP contribution in [0.15, 0.2) is 35.2 Å². The van der Waals surface area contributed by atoms with Crippen molar-refractivity contribution in [2.24, 2.45) is 7.05 Å². The van der Waals surface area contributed by atoms with E-state index in [-0.39, 0.29) is 10.9 Å². The molecular weight excluding hydrogens is 322 g/mol. The summed E-state index contributed by atoms with van der Waals surface area (Å²) in [6, 6.07) is 7.42. The van der Waals surface area contributed by atoms with Crippen molar-refractivity contribution < 1.29 is 22.5 Å². The number of nitrogens with one attached hydrogen (secondary N) is 1. The number of nitrogens with zero attached hydrogens (tertiary/aromatic N) is 2. The average molecular weight is 339 g/mol. The number of benzene rings is 1. The normalized spacial score (nSPS) is 13.0. The van der Waals surface area contributed by atoms with Crippen LogP contribution in [0.1, 0.15) is 22.0 Å². The Balaban J connectivity index is 0.000000174. The molecule has 2 N–H and O–H groups in total. The van der Waals surface area contributed by atoms with E-state index in [1.807, 2.05) is 7.05 Å². The Morgan fingerprint density at radius 3 is 2.43 bits per heavy atom. The van der Waals surface area contributed by atoms with Gasteiger partial charge in [-0.05, 0) is 12.1 Å². The van der Waals surface area contributed by atoms with E-state index in [1.54, 1.807) is 22.8 Å². The van der Waals surface area contributed by atoms with Gasteiger partial charge in [-0.25, -0.2) is 9.78 Å². The van der Waals surface area contributed by atoms with Crippen LogP contribution >= 0.6 is 0 Å². The fourth-order valence-corrected chi connectivity index (χ4v) is 2.62. The maximum atomic E-state index is 11.2. The van der Waals surface area contributed by atoms with Crippen LogP contribution in [0, 0.1) is 0 Å². The molecule has 0 spiro atoms. The zero-order valence-electron chi connectivity index (χ0n) is 12.7. The molecule has 0 atom stereocenters. The van der Waals surface area contributed by atoms with Crippen molar-refractivity contribution in [3.8, 4) is 0 Å². The molecule has 2 aromatic rings. The fourth-order valence-electron chi connectivity index (χ4n) is 2.12. The van der Waals surface area contributed by atoms with E-state index in [2.05, 4.69) is 15.0 Å². The summed E-state index contributed by atoms with van der Waals surface area (Å²) in [4.78, 5) is 15.3. The molecule has 1 aliphatic heterocycles. The molecule has 124 valence electrons. The molecule has 9 heteroatoms. The Kier molecular flexibility index (Phi) is 5.14. The summed E-state index contributed by atoms with van der Waals surface area (Å²) < 4.78 is 35.6. The van der Waals surface area contributed by atoms with Gasteiger partial charge in [0, 0.05) is 20.1 Å². The number of ether oxygens (including phenoxy) is 1. The molecule has 3 rings (SSSR count). The summed E-state index contributed by atoms with van der Waals surface area (Å²) in [7, 11) is -0.817. The van der Waals surface area contributed by atoms with Crippen LogP contribution in [0.4, 0.5) is 0 Å². The van der Waals surface area contributed by atoms with Crippen LogP contribution in [-0.2, 0) is 35.0 Å². The topological polar surface area (TPSA) is 111 Å². The highest BCUT2D eigenvalue weighted by Crippen LogP contribution is 2.15. The lowest BCUT2D eigenvalue weighted by atomic mass is 10.4. The number of hydrogen-bond donors (Lipinski definition) is 2. The fraction of sp³-hybridized carbons (Fsp3) is 0.286. The number of aromatic nitrogens is 2. The molecule has 8 nitrogen and oxygen atoms in total. The molecule has 0 radical (unpaired) electrons. The highest BCUT2D eigenvalue weighted by atomic mass is 32.2. The minimum absolute atomic E-state index is 0.0741. The minimum Gasteiger partial charge on any atom is -0.463 e.